The highest BCUT2D eigenvalue weighted by Gasteiger charge is 2.35. The first-order chi connectivity index (χ1) is 11.9. The van der Waals surface area contributed by atoms with Crippen LogP contribution in [-0.2, 0) is 6.18 Å². The second kappa shape index (κ2) is 7.00. The molecular formula is C18H16F3NO2S. The average Bonchev–Trinajstić information content (AvgIpc) is 3.10. The lowest BCUT2D eigenvalue weighted by Gasteiger charge is -2.25. The SMILES string of the molecule is COc1ccccc1C(=O)N1CCSC1c1cccc(C(F)(F)F)c1. The molecule has 1 unspecified atom stereocenters. The highest BCUT2D eigenvalue weighted by Crippen LogP contribution is 2.41. The standard InChI is InChI=1S/C18H16F3NO2S/c1-24-15-8-3-2-7-14(15)16(23)22-9-10-25-17(22)12-5-4-6-13(11-12)18(19,20)21/h2-8,11,17H,9-10H2,1H3. The molecule has 25 heavy (non-hydrogen) atoms. The number of amides is 1. The number of thioether (sulfide) groups is 1. The van der Waals surface area contributed by atoms with Crippen LogP contribution in [0.1, 0.15) is 26.9 Å². The van der Waals surface area contributed by atoms with Gasteiger partial charge in [0.15, 0.2) is 0 Å². The molecule has 1 atom stereocenters. The molecule has 7 heteroatoms. The molecule has 1 aliphatic rings. The summed E-state index contributed by atoms with van der Waals surface area (Å²) in [5.74, 6) is 0.874. The Kier molecular flexibility index (Phi) is 4.94. The fourth-order valence-corrected chi connectivity index (χ4v) is 4.04. The summed E-state index contributed by atoms with van der Waals surface area (Å²) in [7, 11) is 1.48. The van der Waals surface area contributed by atoms with Gasteiger partial charge in [0.1, 0.15) is 11.1 Å². The number of para-hydroxylation sites is 1. The van der Waals surface area contributed by atoms with Gasteiger partial charge in [0, 0.05) is 12.3 Å². The van der Waals surface area contributed by atoms with E-state index in [-0.39, 0.29) is 5.91 Å². The number of carbonyl (C=O) groups is 1. The van der Waals surface area contributed by atoms with Crippen LogP contribution in [0.5, 0.6) is 5.75 Å². The molecule has 1 amide bonds. The number of benzene rings is 2. The maximum atomic E-state index is 13.0. The van der Waals surface area contributed by atoms with Gasteiger partial charge < -0.3 is 9.64 Å². The number of hydrogen-bond donors (Lipinski definition) is 0. The van der Waals surface area contributed by atoms with Crippen molar-refractivity contribution in [1.29, 1.82) is 0 Å². The van der Waals surface area contributed by atoms with Crippen molar-refractivity contribution in [2.24, 2.45) is 0 Å². The van der Waals surface area contributed by atoms with Gasteiger partial charge in [-0.05, 0) is 29.8 Å². The molecule has 0 aromatic heterocycles. The molecule has 1 aliphatic heterocycles. The minimum atomic E-state index is -4.41. The first kappa shape index (κ1) is 17.7. The minimum Gasteiger partial charge on any atom is -0.496 e. The lowest BCUT2D eigenvalue weighted by atomic mass is 10.1. The van der Waals surface area contributed by atoms with Crippen LogP contribution in [0.2, 0.25) is 0 Å². The lowest BCUT2D eigenvalue weighted by molar-refractivity contribution is -0.137. The highest BCUT2D eigenvalue weighted by molar-refractivity contribution is 7.99. The molecule has 1 saturated heterocycles. The molecule has 0 saturated carbocycles. The number of halogens is 3. The van der Waals surface area contributed by atoms with Crippen LogP contribution < -0.4 is 4.74 Å². The summed E-state index contributed by atoms with van der Waals surface area (Å²) in [4.78, 5) is 14.5. The van der Waals surface area contributed by atoms with Gasteiger partial charge in [-0.15, -0.1) is 11.8 Å². The number of alkyl halides is 3. The Balaban J connectivity index is 1.92. The van der Waals surface area contributed by atoms with Crippen molar-refractivity contribution in [1.82, 2.24) is 4.90 Å². The number of hydrogen-bond acceptors (Lipinski definition) is 3. The zero-order valence-corrected chi connectivity index (χ0v) is 14.2. The molecule has 0 bridgehead atoms. The summed E-state index contributed by atoms with van der Waals surface area (Å²) in [5, 5.41) is -0.445. The molecule has 1 heterocycles. The molecule has 3 nitrogen and oxygen atoms in total. The third kappa shape index (κ3) is 3.61. The quantitative estimate of drug-likeness (QED) is 0.794. The summed E-state index contributed by atoms with van der Waals surface area (Å²) in [5.41, 5.74) is 0.173. The van der Waals surface area contributed by atoms with Crippen molar-refractivity contribution in [3.63, 3.8) is 0 Å². The molecule has 0 aliphatic carbocycles. The van der Waals surface area contributed by atoms with Crippen LogP contribution in [-0.4, -0.2) is 30.2 Å². The first-order valence-corrected chi connectivity index (χ1v) is 8.69. The normalized spacial score (nSPS) is 17.6. The lowest BCUT2D eigenvalue weighted by Crippen LogP contribution is -2.30. The predicted molar refractivity (Wildman–Crippen MR) is 90.7 cm³/mol. The van der Waals surface area contributed by atoms with Crippen LogP contribution in [0.3, 0.4) is 0 Å². The largest absolute Gasteiger partial charge is 0.496 e. The number of methoxy groups -OCH3 is 1. The number of rotatable bonds is 3. The summed E-state index contributed by atoms with van der Waals surface area (Å²) in [6.45, 7) is 0.475. The number of ether oxygens (including phenoxy) is 1. The average molecular weight is 367 g/mol. The van der Waals surface area contributed by atoms with Gasteiger partial charge in [0.2, 0.25) is 0 Å². The van der Waals surface area contributed by atoms with E-state index in [4.69, 9.17) is 4.74 Å². The van der Waals surface area contributed by atoms with Crippen LogP contribution >= 0.6 is 11.8 Å². The minimum absolute atomic E-state index is 0.245. The Morgan fingerprint density at radius 2 is 1.96 bits per heavy atom. The van der Waals surface area contributed by atoms with Crippen molar-refractivity contribution < 1.29 is 22.7 Å². The second-order valence-electron chi connectivity index (χ2n) is 5.55. The van der Waals surface area contributed by atoms with E-state index in [2.05, 4.69) is 0 Å². The van der Waals surface area contributed by atoms with Gasteiger partial charge in [-0.3, -0.25) is 4.79 Å². The molecular weight excluding hydrogens is 351 g/mol. The van der Waals surface area contributed by atoms with E-state index >= 15 is 0 Å². The molecule has 3 rings (SSSR count). The van der Waals surface area contributed by atoms with E-state index in [1.165, 1.54) is 24.9 Å². The van der Waals surface area contributed by atoms with Crippen LogP contribution in [0.15, 0.2) is 48.5 Å². The highest BCUT2D eigenvalue weighted by atomic mass is 32.2. The topological polar surface area (TPSA) is 29.5 Å². The fraction of sp³-hybridized carbons (Fsp3) is 0.278. The second-order valence-corrected chi connectivity index (χ2v) is 6.73. The van der Waals surface area contributed by atoms with E-state index in [9.17, 15) is 18.0 Å². The Morgan fingerprint density at radius 1 is 1.20 bits per heavy atom. The predicted octanol–water partition coefficient (Wildman–Crippen LogP) is 4.60. The molecule has 1 fully saturated rings. The van der Waals surface area contributed by atoms with Gasteiger partial charge >= 0.3 is 6.18 Å². The van der Waals surface area contributed by atoms with Gasteiger partial charge in [-0.25, -0.2) is 0 Å². The van der Waals surface area contributed by atoms with Crippen molar-refractivity contribution in [3.8, 4) is 5.75 Å². The van der Waals surface area contributed by atoms with Crippen LogP contribution in [0.4, 0.5) is 13.2 Å². The monoisotopic (exact) mass is 367 g/mol. The molecule has 2 aromatic rings. The van der Waals surface area contributed by atoms with Gasteiger partial charge in [-0.1, -0.05) is 24.3 Å². The van der Waals surface area contributed by atoms with E-state index in [0.29, 0.717) is 29.2 Å². The maximum Gasteiger partial charge on any atom is 0.416 e. The Morgan fingerprint density at radius 3 is 2.68 bits per heavy atom. The van der Waals surface area contributed by atoms with Crippen LogP contribution in [0.25, 0.3) is 0 Å². The Labute approximate surface area is 147 Å². The smallest absolute Gasteiger partial charge is 0.416 e. The third-order valence-corrected chi connectivity index (χ3v) is 5.25. The fourth-order valence-electron chi connectivity index (χ4n) is 2.80. The Hall–Kier alpha value is -2.15. The molecule has 2 aromatic carbocycles. The van der Waals surface area contributed by atoms with E-state index in [1.54, 1.807) is 35.2 Å². The zero-order chi connectivity index (χ0) is 18.0. The number of carbonyl (C=O) groups excluding carboxylic acids is 1. The zero-order valence-electron chi connectivity index (χ0n) is 13.4. The third-order valence-electron chi connectivity index (χ3n) is 3.99. The summed E-state index contributed by atoms with van der Waals surface area (Å²) < 4.78 is 44.1. The Bertz CT molecular complexity index is 779. The number of nitrogens with zero attached hydrogens (tertiary/aromatic N) is 1. The van der Waals surface area contributed by atoms with E-state index < -0.39 is 17.1 Å². The van der Waals surface area contributed by atoms with Crippen molar-refractivity contribution in [3.05, 3.63) is 65.2 Å². The van der Waals surface area contributed by atoms with Crippen LogP contribution in [0, 0.1) is 0 Å². The molecule has 0 N–H and O–H groups in total. The van der Waals surface area contributed by atoms with Crippen molar-refractivity contribution in [2.75, 3.05) is 19.4 Å². The van der Waals surface area contributed by atoms with Crippen molar-refractivity contribution >= 4 is 17.7 Å². The van der Waals surface area contributed by atoms with E-state index in [0.717, 1.165) is 12.1 Å². The van der Waals surface area contributed by atoms with Gasteiger partial charge in [-0.2, -0.15) is 13.2 Å². The molecule has 0 radical (unpaired) electrons. The summed E-state index contributed by atoms with van der Waals surface area (Å²) in [6.07, 6.45) is -4.41. The van der Waals surface area contributed by atoms with E-state index in [1.807, 2.05) is 0 Å². The van der Waals surface area contributed by atoms with Gasteiger partial charge in [0.05, 0.1) is 18.2 Å². The first-order valence-electron chi connectivity index (χ1n) is 7.64. The summed E-state index contributed by atoms with van der Waals surface area (Å²) in [6, 6.07) is 12.0. The van der Waals surface area contributed by atoms with Gasteiger partial charge in [0.25, 0.3) is 5.91 Å². The maximum absolute atomic E-state index is 13.0. The molecule has 0 spiro atoms. The summed E-state index contributed by atoms with van der Waals surface area (Å²) >= 11 is 1.46. The van der Waals surface area contributed by atoms with Crippen molar-refractivity contribution in [2.45, 2.75) is 11.6 Å². The molecule has 132 valence electrons.